The van der Waals surface area contributed by atoms with Gasteiger partial charge < -0.3 is 20.9 Å². The highest BCUT2D eigenvalue weighted by Gasteiger charge is 2.31. The number of rotatable bonds is 6. The molecule has 0 aliphatic carbocycles. The number of carbonyl (C=O) groups is 2. The summed E-state index contributed by atoms with van der Waals surface area (Å²) < 4.78 is 0. The maximum Gasteiger partial charge on any atom is 0.229 e. The molecule has 0 bridgehead atoms. The first kappa shape index (κ1) is 23.6. The summed E-state index contributed by atoms with van der Waals surface area (Å²) in [6.07, 6.45) is 2.38. The van der Waals surface area contributed by atoms with Crippen molar-refractivity contribution >= 4 is 53.3 Å². The Morgan fingerprint density at radius 1 is 1.23 bits per heavy atom. The number of para-hydroxylation sites is 1. The molecule has 1 saturated heterocycles. The van der Waals surface area contributed by atoms with E-state index in [0.717, 1.165) is 11.3 Å². The van der Waals surface area contributed by atoms with Crippen LogP contribution in [0.15, 0.2) is 53.7 Å². The molecule has 1 atom stereocenters. The van der Waals surface area contributed by atoms with Crippen molar-refractivity contribution in [3.8, 4) is 0 Å². The van der Waals surface area contributed by atoms with Gasteiger partial charge in [-0.3, -0.25) is 14.6 Å². The standard InChI is InChI=1S/C21H26N6O2.HI/c1-15-8-9-18(24-13-15)26-19(28)10-11-23-21(22-2)25-16-12-20(29)27(14-16)17-6-4-3-5-7-17;/h3-9,13,16H,10-12,14H2,1-2H3,(H2,22,23,25)(H,24,26,28);1H. The first-order chi connectivity index (χ1) is 14.0. The second-order valence-corrected chi connectivity index (χ2v) is 6.90. The lowest BCUT2D eigenvalue weighted by Gasteiger charge is -2.19. The number of aryl methyl sites for hydroxylation is 1. The molecule has 0 saturated carbocycles. The van der Waals surface area contributed by atoms with Crippen molar-refractivity contribution < 1.29 is 9.59 Å². The third kappa shape index (κ3) is 6.68. The van der Waals surface area contributed by atoms with Crippen LogP contribution in [0.4, 0.5) is 11.5 Å². The fourth-order valence-corrected chi connectivity index (χ4v) is 3.09. The second-order valence-electron chi connectivity index (χ2n) is 6.90. The molecule has 2 heterocycles. The van der Waals surface area contributed by atoms with Crippen LogP contribution in [0.5, 0.6) is 0 Å². The van der Waals surface area contributed by atoms with E-state index in [0.29, 0.717) is 31.3 Å². The van der Waals surface area contributed by atoms with Crippen molar-refractivity contribution in [2.75, 3.05) is 30.4 Å². The number of aliphatic imine (C=N–C) groups is 1. The van der Waals surface area contributed by atoms with Gasteiger partial charge in [0, 0.05) is 44.9 Å². The molecule has 3 N–H and O–H groups in total. The van der Waals surface area contributed by atoms with Gasteiger partial charge >= 0.3 is 0 Å². The van der Waals surface area contributed by atoms with E-state index in [1.165, 1.54) is 0 Å². The lowest BCUT2D eigenvalue weighted by molar-refractivity contribution is -0.117. The van der Waals surface area contributed by atoms with Crippen LogP contribution in [0.2, 0.25) is 0 Å². The Kier molecular flexibility index (Phi) is 9.03. The van der Waals surface area contributed by atoms with Gasteiger partial charge in [0.25, 0.3) is 0 Å². The van der Waals surface area contributed by atoms with E-state index in [1.54, 1.807) is 24.2 Å². The van der Waals surface area contributed by atoms with Crippen molar-refractivity contribution in [2.45, 2.75) is 25.8 Å². The lowest BCUT2D eigenvalue weighted by Crippen LogP contribution is -2.45. The number of pyridine rings is 1. The largest absolute Gasteiger partial charge is 0.356 e. The van der Waals surface area contributed by atoms with E-state index < -0.39 is 0 Å². The average molecular weight is 522 g/mol. The predicted octanol–water partition coefficient (Wildman–Crippen LogP) is 2.31. The quantitative estimate of drug-likeness (QED) is 0.307. The summed E-state index contributed by atoms with van der Waals surface area (Å²) in [5.41, 5.74) is 1.93. The molecule has 8 nitrogen and oxygen atoms in total. The molecule has 1 aliphatic heterocycles. The number of guanidine groups is 1. The van der Waals surface area contributed by atoms with Crippen LogP contribution >= 0.6 is 24.0 Å². The first-order valence-electron chi connectivity index (χ1n) is 9.60. The Balaban J connectivity index is 0.00000320. The molecular formula is C21H27IN6O2. The van der Waals surface area contributed by atoms with Gasteiger partial charge in [0.1, 0.15) is 5.82 Å². The zero-order valence-electron chi connectivity index (χ0n) is 17.1. The Morgan fingerprint density at radius 3 is 2.67 bits per heavy atom. The molecule has 2 amide bonds. The SMILES string of the molecule is CN=C(NCCC(=O)Nc1ccc(C)cn1)NC1CC(=O)N(c2ccccc2)C1.I. The summed E-state index contributed by atoms with van der Waals surface area (Å²) in [5.74, 6) is 1.05. The summed E-state index contributed by atoms with van der Waals surface area (Å²) in [6, 6.07) is 13.2. The summed E-state index contributed by atoms with van der Waals surface area (Å²) in [4.78, 5) is 34.5. The lowest BCUT2D eigenvalue weighted by atomic mass is 10.2. The molecule has 9 heteroatoms. The van der Waals surface area contributed by atoms with Crippen molar-refractivity contribution in [1.82, 2.24) is 15.6 Å². The zero-order chi connectivity index (χ0) is 20.6. The first-order valence-corrected chi connectivity index (χ1v) is 9.60. The minimum Gasteiger partial charge on any atom is -0.356 e. The highest BCUT2D eigenvalue weighted by atomic mass is 127. The summed E-state index contributed by atoms with van der Waals surface area (Å²) in [7, 11) is 1.66. The fourth-order valence-electron chi connectivity index (χ4n) is 3.09. The van der Waals surface area contributed by atoms with Gasteiger partial charge in [-0.25, -0.2) is 4.98 Å². The Labute approximate surface area is 193 Å². The van der Waals surface area contributed by atoms with E-state index in [1.807, 2.05) is 43.3 Å². The molecule has 3 rings (SSSR count). The minimum absolute atomic E-state index is 0. The number of carbonyl (C=O) groups excluding carboxylic acids is 2. The molecule has 0 spiro atoms. The van der Waals surface area contributed by atoms with Crippen LogP contribution < -0.4 is 20.9 Å². The van der Waals surface area contributed by atoms with E-state index in [4.69, 9.17) is 0 Å². The van der Waals surface area contributed by atoms with E-state index in [2.05, 4.69) is 25.9 Å². The van der Waals surface area contributed by atoms with Crippen molar-refractivity contribution in [3.63, 3.8) is 0 Å². The maximum absolute atomic E-state index is 12.3. The van der Waals surface area contributed by atoms with Crippen LogP contribution in [0, 0.1) is 6.92 Å². The third-order valence-electron chi connectivity index (χ3n) is 4.58. The molecule has 2 aromatic rings. The van der Waals surface area contributed by atoms with Gasteiger partial charge in [0.2, 0.25) is 11.8 Å². The monoisotopic (exact) mass is 522 g/mol. The Hall–Kier alpha value is -2.69. The molecule has 1 fully saturated rings. The van der Waals surface area contributed by atoms with Crippen molar-refractivity contribution in [3.05, 3.63) is 54.2 Å². The van der Waals surface area contributed by atoms with Gasteiger partial charge in [-0.1, -0.05) is 24.3 Å². The number of hydrogen-bond donors (Lipinski definition) is 3. The number of amides is 2. The van der Waals surface area contributed by atoms with Gasteiger partial charge in [-0.15, -0.1) is 24.0 Å². The van der Waals surface area contributed by atoms with Crippen molar-refractivity contribution in [2.24, 2.45) is 4.99 Å². The fraction of sp³-hybridized carbons (Fsp3) is 0.333. The highest BCUT2D eigenvalue weighted by molar-refractivity contribution is 14.0. The number of nitrogens with zero attached hydrogens (tertiary/aromatic N) is 3. The maximum atomic E-state index is 12.3. The molecular weight excluding hydrogens is 495 g/mol. The summed E-state index contributed by atoms with van der Waals surface area (Å²) >= 11 is 0. The van der Waals surface area contributed by atoms with Gasteiger partial charge in [0.15, 0.2) is 5.96 Å². The smallest absolute Gasteiger partial charge is 0.229 e. The Morgan fingerprint density at radius 2 is 2.00 bits per heavy atom. The number of benzene rings is 1. The van der Waals surface area contributed by atoms with Gasteiger partial charge in [-0.2, -0.15) is 0 Å². The van der Waals surface area contributed by atoms with Crippen LogP contribution in [-0.4, -0.2) is 48.9 Å². The second kappa shape index (κ2) is 11.5. The van der Waals surface area contributed by atoms with Gasteiger partial charge in [-0.05, 0) is 30.7 Å². The number of aromatic nitrogens is 1. The zero-order valence-corrected chi connectivity index (χ0v) is 19.4. The molecule has 30 heavy (non-hydrogen) atoms. The van der Waals surface area contributed by atoms with Crippen LogP contribution in [0.1, 0.15) is 18.4 Å². The predicted molar refractivity (Wildman–Crippen MR) is 129 cm³/mol. The molecule has 0 radical (unpaired) electrons. The molecule has 1 unspecified atom stereocenters. The van der Waals surface area contributed by atoms with Crippen LogP contribution in [0.25, 0.3) is 0 Å². The minimum atomic E-state index is -0.129. The number of nitrogens with one attached hydrogen (secondary N) is 3. The number of anilines is 2. The van der Waals surface area contributed by atoms with Crippen LogP contribution in [-0.2, 0) is 9.59 Å². The topological polar surface area (TPSA) is 98.7 Å². The average Bonchev–Trinajstić information content (AvgIpc) is 3.09. The van der Waals surface area contributed by atoms with Gasteiger partial charge in [0.05, 0.1) is 6.04 Å². The third-order valence-corrected chi connectivity index (χ3v) is 4.58. The highest BCUT2D eigenvalue weighted by Crippen LogP contribution is 2.20. The number of halogens is 1. The van der Waals surface area contributed by atoms with E-state index >= 15 is 0 Å². The van der Waals surface area contributed by atoms with E-state index in [9.17, 15) is 9.59 Å². The van der Waals surface area contributed by atoms with Crippen LogP contribution in [0.3, 0.4) is 0 Å². The summed E-state index contributed by atoms with van der Waals surface area (Å²) in [5, 5.41) is 9.14. The Bertz CT molecular complexity index is 873. The van der Waals surface area contributed by atoms with E-state index in [-0.39, 0.29) is 48.3 Å². The molecule has 1 aromatic carbocycles. The number of hydrogen-bond acceptors (Lipinski definition) is 4. The molecule has 1 aliphatic rings. The normalized spacial score (nSPS) is 16.1. The molecule has 1 aromatic heterocycles. The summed E-state index contributed by atoms with van der Waals surface area (Å²) in [6.45, 7) is 2.93. The van der Waals surface area contributed by atoms with Crippen molar-refractivity contribution in [1.29, 1.82) is 0 Å². The molecule has 160 valence electrons.